The van der Waals surface area contributed by atoms with Crippen molar-refractivity contribution in [3.05, 3.63) is 60.8 Å². The number of ether oxygens (including phenoxy) is 3. The Balaban J connectivity index is 2.16. The lowest BCUT2D eigenvalue weighted by Crippen LogP contribution is -2.58. The molecule has 0 aromatic heterocycles. The van der Waals surface area contributed by atoms with Gasteiger partial charge in [0.05, 0.1) is 24.9 Å². The number of cyclic esters (lactones) is 1. The van der Waals surface area contributed by atoms with Gasteiger partial charge in [0, 0.05) is 25.2 Å². The molecule has 0 radical (unpaired) electrons. The molecule has 18 heteroatoms. The molecule has 2 unspecified atom stereocenters. The number of unbranched alkanes of at least 4 members (excludes halogenated alkanes) is 9. The van der Waals surface area contributed by atoms with E-state index in [1.807, 2.05) is 19.1 Å². The summed E-state index contributed by atoms with van der Waals surface area (Å²) in [5, 5.41) is 89.2. The van der Waals surface area contributed by atoms with Crippen LogP contribution in [0.15, 0.2) is 60.8 Å². The minimum Gasteiger partial charge on any atom is -0.462 e. The van der Waals surface area contributed by atoms with Crippen molar-refractivity contribution in [2.45, 2.75) is 216 Å². The number of carbonyl (C=O) groups is 2. The molecule has 1 saturated heterocycles. The molecule has 13 atom stereocenters. The highest BCUT2D eigenvalue weighted by atomic mass is 31.2. The Labute approximate surface area is 397 Å². The molecule has 386 valence electrons. The monoisotopic (exact) mass is 975 g/mol. The highest BCUT2D eigenvalue weighted by Crippen LogP contribution is 2.47. The van der Waals surface area contributed by atoms with E-state index in [0.29, 0.717) is 32.1 Å². The van der Waals surface area contributed by atoms with E-state index in [-0.39, 0.29) is 25.7 Å². The van der Waals surface area contributed by atoms with Gasteiger partial charge in [-0.25, -0.2) is 4.57 Å². The number of hydrogen-bond acceptors (Lipinski definition) is 16. The van der Waals surface area contributed by atoms with Crippen molar-refractivity contribution in [1.29, 1.82) is 0 Å². The van der Waals surface area contributed by atoms with Crippen molar-refractivity contribution >= 4 is 19.8 Å². The highest BCUT2D eigenvalue weighted by Gasteiger charge is 2.48. The molecule has 2 bridgehead atoms. The van der Waals surface area contributed by atoms with Gasteiger partial charge < -0.3 is 60.0 Å². The van der Waals surface area contributed by atoms with Crippen molar-refractivity contribution in [2.75, 3.05) is 13.2 Å². The van der Waals surface area contributed by atoms with Crippen molar-refractivity contribution < 1.29 is 83.2 Å². The van der Waals surface area contributed by atoms with E-state index in [0.717, 1.165) is 38.2 Å². The van der Waals surface area contributed by atoms with E-state index in [1.165, 1.54) is 44.6 Å². The molecule has 0 amide bonds. The van der Waals surface area contributed by atoms with Gasteiger partial charge in [-0.1, -0.05) is 126 Å². The van der Waals surface area contributed by atoms with Gasteiger partial charge in [0.25, 0.3) is 0 Å². The van der Waals surface area contributed by atoms with E-state index in [4.69, 9.17) is 23.3 Å². The molecule has 1 fully saturated rings. The van der Waals surface area contributed by atoms with E-state index < -0.39 is 113 Å². The van der Waals surface area contributed by atoms with E-state index >= 15 is 0 Å². The van der Waals surface area contributed by atoms with Crippen molar-refractivity contribution in [3.8, 4) is 0 Å². The molecule has 17 nitrogen and oxygen atoms in total. The first-order valence-electron chi connectivity index (χ1n) is 24.5. The Morgan fingerprint density at radius 2 is 1.43 bits per heavy atom. The highest BCUT2D eigenvalue weighted by molar-refractivity contribution is 7.47. The van der Waals surface area contributed by atoms with Crippen LogP contribution >= 0.6 is 7.82 Å². The van der Waals surface area contributed by atoms with Crippen molar-refractivity contribution in [2.24, 2.45) is 5.92 Å². The fourth-order valence-electron chi connectivity index (χ4n) is 7.59. The summed E-state index contributed by atoms with van der Waals surface area (Å²) in [5.41, 5.74) is 0. The Morgan fingerprint density at radius 3 is 2.13 bits per heavy atom. The standard InChI is InChI=1S/C49H83O17P/c1-3-5-7-8-9-10-11-12-13-14-15-16-17-18-19-20-25-29-41(52)62-34-37-35-63-67(60,61)66-49-47(58)45(56)40(32-31-36(50)27-23-6-4-2)65-43(54)33-39(51)38(44(55)46(57)48(49)59)28-24-21-22-26-30-42(53)64-37/h12-13,15-16,18-19,21,24,31-32,36-40,43-51,54-59H,3-11,14,17,20,22-23,25-30,33-35H2,1-2H3,(H,60,61)/b13-12-,16-15-,19-18-,24-21-,32-31?/t36-,37+,38-,39-,40+,43?,44+,45+,46-,47+,48+,49+/m0/s1. The van der Waals surface area contributed by atoms with Crippen molar-refractivity contribution in [1.82, 2.24) is 0 Å². The summed E-state index contributed by atoms with van der Waals surface area (Å²) in [4.78, 5) is 36.4. The van der Waals surface area contributed by atoms with Crippen LogP contribution in [0.5, 0.6) is 0 Å². The maximum Gasteiger partial charge on any atom is 0.472 e. The number of aliphatic hydroxyl groups excluding tert-OH is 8. The Hall–Kier alpha value is -2.61. The third kappa shape index (κ3) is 26.3. The second-order valence-corrected chi connectivity index (χ2v) is 18.9. The van der Waals surface area contributed by atoms with Gasteiger partial charge in [0.15, 0.2) is 12.4 Å². The average Bonchev–Trinajstić information content (AvgIpc) is 3.29. The number of phosphoric ester groups is 1. The van der Waals surface area contributed by atoms with Crippen LogP contribution in [0.4, 0.5) is 0 Å². The first-order chi connectivity index (χ1) is 32.1. The molecule has 9 N–H and O–H groups in total. The summed E-state index contributed by atoms with van der Waals surface area (Å²) < 4.78 is 40.2. The SMILES string of the molecule is CCCCCCCC/C=C\C/C=C\C/C=C\CCCC(=O)OC[C@@H]1COP(=O)(O)O[C@H]2[C@H](O)[C@@H](O)[C@H](O)[C@@H](C/C=C\CCCC(=O)O1)[C@@H](O)CC(O)O[C@H](C=C[C@@H](O)CCCCC)[C@@H](O)[C@H]2O. The number of hydrogen-bond donors (Lipinski definition) is 9. The third-order valence-electron chi connectivity index (χ3n) is 11.6. The molecule has 2 rings (SSSR count). The minimum atomic E-state index is -5.48. The van der Waals surface area contributed by atoms with Crippen molar-refractivity contribution in [3.63, 3.8) is 0 Å². The predicted octanol–water partition coefficient (Wildman–Crippen LogP) is 5.83. The van der Waals surface area contributed by atoms with Gasteiger partial charge in [-0.2, -0.15) is 0 Å². The van der Waals surface area contributed by atoms with Gasteiger partial charge in [-0.3, -0.25) is 18.6 Å². The molecule has 67 heavy (non-hydrogen) atoms. The number of carbonyl (C=O) groups excluding carboxylic acids is 2. The van der Waals surface area contributed by atoms with Crippen LogP contribution in [0.25, 0.3) is 0 Å². The van der Waals surface area contributed by atoms with Crippen LogP contribution in [-0.4, -0.2) is 138 Å². The largest absolute Gasteiger partial charge is 0.472 e. The van der Waals surface area contributed by atoms with E-state index in [2.05, 4.69) is 31.2 Å². The maximum atomic E-state index is 13.5. The second kappa shape index (κ2) is 35.5. The molecule has 0 saturated carbocycles. The fraction of sp³-hybridized carbons (Fsp3) is 0.755. The Bertz CT molecular complexity index is 1540. The summed E-state index contributed by atoms with van der Waals surface area (Å²) >= 11 is 0. The number of fused-ring (bicyclic) bond motifs is 4. The molecule has 0 aromatic rings. The Kier molecular flexibility index (Phi) is 32.0. The second-order valence-electron chi connectivity index (χ2n) is 17.5. The predicted molar refractivity (Wildman–Crippen MR) is 252 cm³/mol. The Morgan fingerprint density at radius 1 is 0.806 bits per heavy atom. The average molecular weight is 975 g/mol. The maximum absolute atomic E-state index is 13.5. The lowest BCUT2D eigenvalue weighted by atomic mass is 9.83. The molecular formula is C49H83O17P. The lowest BCUT2D eigenvalue weighted by Gasteiger charge is -2.39. The van der Waals surface area contributed by atoms with E-state index in [1.54, 1.807) is 12.2 Å². The van der Waals surface area contributed by atoms with Crippen LogP contribution in [0.3, 0.4) is 0 Å². The zero-order valence-corrected chi connectivity index (χ0v) is 40.6. The molecule has 0 spiro atoms. The van der Waals surface area contributed by atoms with Gasteiger partial charge >= 0.3 is 19.8 Å². The number of esters is 2. The van der Waals surface area contributed by atoms with Gasteiger partial charge in [-0.15, -0.1) is 0 Å². The normalized spacial score (nSPS) is 32.3. The quantitative estimate of drug-likeness (QED) is 0.0252. The van der Waals surface area contributed by atoms with Gasteiger partial charge in [-0.05, 0) is 64.2 Å². The van der Waals surface area contributed by atoms with Crippen LogP contribution in [-0.2, 0) is 37.4 Å². The summed E-state index contributed by atoms with van der Waals surface area (Å²) in [6.45, 7) is 2.74. The third-order valence-corrected chi connectivity index (χ3v) is 12.6. The molecule has 2 heterocycles. The zero-order valence-electron chi connectivity index (χ0n) is 39.7. The number of aliphatic hydroxyl groups is 8. The topological polar surface area (TPSA) is 279 Å². The number of phosphoric acid groups is 1. The van der Waals surface area contributed by atoms with Crippen LogP contribution in [0.2, 0.25) is 0 Å². The smallest absolute Gasteiger partial charge is 0.462 e. The molecule has 2 aliphatic heterocycles. The molecule has 0 aliphatic carbocycles. The first-order valence-corrected chi connectivity index (χ1v) is 26.0. The summed E-state index contributed by atoms with van der Waals surface area (Å²) in [7, 11) is -5.48. The fourth-order valence-corrected chi connectivity index (χ4v) is 8.56. The van der Waals surface area contributed by atoms with Crippen LogP contribution in [0, 0.1) is 5.92 Å². The van der Waals surface area contributed by atoms with Crippen LogP contribution < -0.4 is 0 Å². The number of allylic oxidation sites excluding steroid dienone is 8. The number of rotatable bonds is 23. The minimum absolute atomic E-state index is 0.0274. The summed E-state index contributed by atoms with van der Waals surface area (Å²) in [5.74, 6) is -2.68. The van der Waals surface area contributed by atoms with Gasteiger partial charge in [0.2, 0.25) is 0 Å². The lowest BCUT2D eigenvalue weighted by molar-refractivity contribution is -0.213. The molecular weight excluding hydrogens is 891 g/mol. The first kappa shape index (κ1) is 60.5. The van der Waals surface area contributed by atoms with Gasteiger partial charge in [0.1, 0.15) is 43.2 Å². The zero-order chi connectivity index (χ0) is 49.5. The molecule has 0 aromatic carbocycles. The summed E-state index contributed by atoms with van der Waals surface area (Å²) in [6, 6.07) is 0. The van der Waals surface area contributed by atoms with Crippen LogP contribution in [0.1, 0.15) is 149 Å². The molecule has 2 aliphatic rings. The summed E-state index contributed by atoms with van der Waals surface area (Å²) in [6.07, 6.45) is 10.7. The van der Waals surface area contributed by atoms with E-state index in [9.17, 15) is 59.9 Å².